The third kappa shape index (κ3) is 3.08. The lowest BCUT2D eigenvalue weighted by molar-refractivity contribution is 0.218. The molecule has 0 radical (unpaired) electrons. The van der Waals surface area contributed by atoms with Crippen LogP contribution < -0.4 is 9.47 Å². The summed E-state index contributed by atoms with van der Waals surface area (Å²) in [5, 5.41) is 11.1. The fourth-order valence-electron chi connectivity index (χ4n) is 1.90. The third-order valence-electron chi connectivity index (χ3n) is 2.98. The van der Waals surface area contributed by atoms with Gasteiger partial charge in [-0.15, -0.1) is 0 Å². The quantitative estimate of drug-likeness (QED) is 0.891. The molecule has 5 heteroatoms. The molecule has 0 saturated heterocycles. The van der Waals surface area contributed by atoms with E-state index in [2.05, 4.69) is 15.9 Å². The zero-order chi connectivity index (χ0) is 14.7. The highest BCUT2D eigenvalue weighted by Gasteiger charge is 2.17. The smallest absolute Gasteiger partial charge is 0.161 e. The van der Waals surface area contributed by atoms with Gasteiger partial charge in [0.1, 0.15) is 6.10 Å². The second kappa shape index (κ2) is 6.48. The number of benzene rings is 2. The number of rotatable bonds is 4. The Balaban J connectivity index is 2.43. The molecule has 0 fully saturated rings. The van der Waals surface area contributed by atoms with Crippen LogP contribution in [0, 0.1) is 0 Å². The van der Waals surface area contributed by atoms with Crippen LogP contribution in [-0.4, -0.2) is 19.3 Å². The minimum Gasteiger partial charge on any atom is -0.493 e. The van der Waals surface area contributed by atoms with Crippen LogP contribution in [0.25, 0.3) is 0 Å². The van der Waals surface area contributed by atoms with Gasteiger partial charge in [0.05, 0.1) is 14.2 Å². The van der Waals surface area contributed by atoms with E-state index < -0.39 is 6.10 Å². The van der Waals surface area contributed by atoms with Crippen molar-refractivity contribution in [1.82, 2.24) is 0 Å². The zero-order valence-corrected chi connectivity index (χ0v) is 13.4. The first-order chi connectivity index (χ1) is 9.56. The van der Waals surface area contributed by atoms with Crippen LogP contribution in [-0.2, 0) is 0 Å². The molecule has 2 aromatic rings. The first-order valence-corrected chi connectivity index (χ1v) is 7.09. The molecule has 0 saturated carbocycles. The monoisotopic (exact) mass is 356 g/mol. The molecule has 0 aromatic heterocycles. The highest BCUT2D eigenvalue weighted by Crippen LogP contribution is 2.38. The summed E-state index contributed by atoms with van der Waals surface area (Å²) in [6, 6.07) is 10.6. The molecule has 0 amide bonds. The maximum Gasteiger partial charge on any atom is 0.161 e. The van der Waals surface area contributed by atoms with Crippen molar-refractivity contribution in [3.8, 4) is 11.5 Å². The summed E-state index contributed by atoms with van der Waals surface area (Å²) in [5.74, 6) is 1.17. The van der Waals surface area contributed by atoms with Gasteiger partial charge < -0.3 is 14.6 Å². The van der Waals surface area contributed by atoms with Crippen molar-refractivity contribution in [2.45, 2.75) is 6.10 Å². The van der Waals surface area contributed by atoms with Gasteiger partial charge in [-0.2, -0.15) is 0 Å². The predicted octanol–water partition coefficient (Wildman–Crippen LogP) is 4.20. The Morgan fingerprint density at radius 1 is 1.05 bits per heavy atom. The fraction of sp³-hybridized carbons (Fsp3) is 0.200. The number of aliphatic hydroxyl groups excluding tert-OH is 1. The molecule has 0 aliphatic heterocycles. The molecule has 3 nitrogen and oxygen atoms in total. The Kier molecular flexibility index (Phi) is 4.91. The summed E-state index contributed by atoms with van der Waals surface area (Å²) < 4.78 is 11.2. The number of methoxy groups -OCH3 is 2. The van der Waals surface area contributed by atoms with Crippen LogP contribution >= 0.6 is 27.5 Å². The van der Waals surface area contributed by atoms with E-state index >= 15 is 0 Å². The Morgan fingerprint density at radius 3 is 2.15 bits per heavy atom. The van der Waals surface area contributed by atoms with Crippen molar-refractivity contribution >= 4 is 27.5 Å². The lowest BCUT2D eigenvalue weighted by Crippen LogP contribution is -2.02. The maximum absolute atomic E-state index is 10.5. The molecule has 0 bridgehead atoms. The summed E-state index contributed by atoms with van der Waals surface area (Å²) in [6.45, 7) is 0. The molecule has 0 aliphatic carbocycles. The zero-order valence-electron chi connectivity index (χ0n) is 11.1. The Labute approximate surface area is 131 Å². The molecule has 2 rings (SSSR count). The van der Waals surface area contributed by atoms with Crippen LogP contribution in [0.2, 0.25) is 5.02 Å². The normalized spacial score (nSPS) is 12.1. The van der Waals surface area contributed by atoms with Crippen molar-refractivity contribution in [3.63, 3.8) is 0 Å². The van der Waals surface area contributed by atoms with Gasteiger partial charge in [-0.1, -0.05) is 39.7 Å². The van der Waals surface area contributed by atoms with Crippen molar-refractivity contribution in [1.29, 1.82) is 0 Å². The van der Waals surface area contributed by atoms with Crippen molar-refractivity contribution in [2.24, 2.45) is 0 Å². The summed E-state index contributed by atoms with van der Waals surface area (Å²) in [5.41, 5.74) is 1.45. The third-order valence-corrected chi connectivity index (χ3v) is 3.92. The Hall–Kier alpha value is -1.23. The Morgan fingerprint density at radius 2 is 1.60 bits per heavy atom. The summed E-state index contributed by atoms with van der Waals surface area (Å²) in [6.07, 6.45) is -0.776. The average Bonchev–Trinajstić information content (AvgIpc) is 2.47. The highest BCUT2D eigenvalue weighted by atomic mass is 79.9. The number of ether oxygens (including phenoxy) is 2. The molecule has 2 aromatic carbocycles. The SMILES string of the molecule is COc1cc(Br)c(C(O)c2ccc(Cl)cc2)cc1OC. The summed E-state index contributed by atoms with van der Waals surface area (Å²) in [4.78, 5) is 0. The molecule has 106 valence electrons. The van der Waals surface area contributed by atoms with Gasteiger partial charge in [-0.25, -0.2) is 0 Å². The topological polar surface area (TPSA) is 38.7 Å². The van der Waals surface area contributed by atoms with Gasteiger partial charge >= 0.3 is 0 Å². The van der Waals surface area contributed by atoms with E-state index in [1.165, 1.54) is 0 Å². The minimum absolute atomic E-state index is 0.568. The first-order valence-electron chi connectivity index (χ1n) is 5.91. The number of aliphatic hydroxyl groups is 1. The van der Waals surface area contributed by atoms with Crippen LogP contribution in [0.5, 0.6) is 11.5 Å². The number of hydrogen-bond acceptors (Lipinski definition) is 3. The van der Waals surface area contributed by atoms with E-state index in [1.54, 1.807) is 50.6 Å². The van der Waals surface area contributed by atoms with Gasteiger partial charge in [-0.05, 0) is 29.8 Å². The van der Waals surface area contributed by atoms with E-state index in [-0.39, 0.29) is 0 Å². The Bertz CT molecular complexity index is 599. The fourth-order valence-corrected chi connectivity index (χ4v) is 2.57. The largest absolute Gasteiger partial charge is 0.493 e. The van der Waals surface area contributed by atoms with E-state index in [0.29, 0.717) is 22.1 Å². The van der Waals surface area contributed by atoms with Crippen molar-refractivity contribution < 1.29 is 14.6 Å². The molecular weight excluding hydrogens is 344 g/mol. The predicted molar refractivity (Wildman–Crippen MR) is 82.8 cm³/mol. The van der Waals surface area contributed by atoms with Crippen molar-refractivity contribution in [3.05, 3.63) is 57.0 Å². The van der Waals surface area contributed by atoms with Gasteiger partial charge in [-0.3, -0.25) is 0 Å². The molecule has 0 aliphatic rings. The summed E-state index contributed by atoms with van der Waals surface area (Å²) >= 11 is 9.30. The van der Waals surface area contributed by atoms with E-state index in [4.69, 9.17) is 21.1 Å². The second-order valence-electron chi connectivity index (χ2n) is 4.18. The molecule has 0 spiro atoms. The minimum atomic E-state index is -0.776. The van der Waals surface area contributed by atoms with Crippen LogP contribution in [0.4, 0.5) is 0 Å². The maximum atomic E-state index is 10.5. The van der Waals surface area contributed by atoms with Crippen LogP contribution in [0.15, 0.2) is 40.9 Å². The van der Waals surface area contributed by atoms with Crippen molar-refractivity contribution in [2.75, 3.05) is 14.2 Å². The molecule has 1 N–H and O–H groups in total. The van der Waals surface area contributed by atoms with E-state index in [0.717, 1.165) is 10.0 Å². The molecule has 1 unspecified atom stereocenters. The van der Waals surface area contributed by atoms with E-state index in [9.17, 15) is 5.11 Å². The standard InChI is InChI=1S/C15H14BrClO3/c1-19-13-7-11(12(16)8-14(13)20-2)15(18)9-3-5-10(17)6-4-9/h3-8,15,18H,1-2H3. The van der Waals surface area contributed by atoms with Gasteiger partial charge in [0, 0.05) is 15.1 Å². The highest BCUT2D eigenvalue weighted by molar-refractivity contribution is 9.10. The lowest BCUT2D eigenvalue weighted by Gasteiger charge is -2.16. The average molecular weight is 358 g/mol. The van der Waals surface area contributed by atoms with Crippen LogP contribution in [0.1, 0.15) is 17.2 Å². The van der Waals surface area contributed by atoms with Crippen LogP contribution in [0.3, 0.4) is 0 Å². The molecule has 1 atom stereocenters. The van der Waals surface area contributed by atoms with Gasteiger partial charge in [0.15, 0.2) is 11.5 Å². The number of hydrogen-bond donors (Lipinski definition) is 1. The second-order valence-corrected chi connectivity index (χ2v) is 5.47. The van der Waals surface area contributed by atoms with Gasteiger partial charge in [0.2, 0.25) is 0 Å². The molecule has 0 heterocycles. The molecular formula is C15H14BrClO3. The summed E-state index contributed by atoms with van der Waals surface area (Å²) in [7, 11) is 3.13. The number of halogens is 2. The lowest BCUT2D eigenvalue weighted by atomic mass is 10.0. The van der Waals surface area contributed by atoms with Gasteiger partial charge in [0.25, 0.3) is 0 Å². The first kappa shape index (κ1) is 15.2. The van der Waals surface area contributed by atoms with E-state index in [1.807, 2.05) is 0 Å². The molecule has 20 heavy (non-hydrogen) atoms.